The minimum atomic E-state index is -0.0258. The zero-order valence-corrected chi connectivity index (χ0v) is 18.3. The Balaban J connectivity index is 1.42. The molecule has 0 aliphatic carbocycles. The molecule has 1 aliphatic rings. The van der Waals surface area contributed by atoms with Crippen LogP contribution < -0.4 is 5.73 Å². The number of rotatable bonds is 3. The molecule has 32 heavy (non-hydrogen) atoms. The highest BCUT2D eigenvalue weighted by molar-refractivity contribution is 6.04. The van der Waals surface area contributed by atoms with Gasteiger partial charge in [0, 0.05) is 47.5 Å². The lowest BCUT2D eigenvalue weighted by atomic mass is 9.92. The van der Waals surface area contributed by atoms with Gasteiger partial charge in [-0.1, -0.05) is 11.6 Å². The van der Waals surface area contributed by atoms with E-state index in [-0.39, 0.29) is 11.8 Å². The monoisotopic (exact) mass is 426 g/mol. The number of nitrogens with zero attached hydrogens (tertiary/aromatic N) is 4. The average Bonchev–Trinajstić information content (AvgIpc) is 3.21. The van der Waals surface area contributed by atoms with Crippen molar-refractivity contribution in [2.24, 2.45) is 0 Å². The van der Waals surface area contributed by atoms with Crippen LogP contribution in [0.4, 0.5) is 5.82 Å². The Kier molecular flexibility index (Phi) is 5.09. The lowest BCUT2D eigenvalue weighted by Gasteiger charge is -2.32. The molecule has 1 fully saturated rings. The second kappa shape index (κ2) is 8.07. The fourth-order valence-corrected chi connectivity index (χ4v) is 4.49. The van der Waals surface area contributed by atoms with Crippen molar-refractivity contribution in [1.29, 1.82) is 0 Å². The van der Waals surface area contributed by atoms with Gasteiger partial charge >= 0.3 is 0 Å². The molecule has 1 aromatic carbocycles. The van der Waals surface area contributed by atoms with E-state index in [0.717, 1.165) is 58.4 Å². The molecule has 5 rings (SSSR count). The van der Waals surface area contributed by atoms with Gasteiger partial charge in [0.2, 0.25) is 0 Å². The quantitative estimate of drug-likeness (QED) is 0.510. The smallest absolute Gasteiger partial charge is 0.275 e. The number of pyridine rings is 2. The standard InChI is InChI=1S/C25H26N6O/c1-15-5-7-21-20(10-15)24(30-29-21)25(32)31-9-3-4-18(14-31)22-12-19(11-16(2)28-22)17-6-8-23(26)27-13-17/h5-8,10-13,18H,3-4,9,14H2,1-2H3,(H2,26,27)(H,29,30). The van der Waals surface area contributed by atoms with Gasteiger partial charge < -0.3 is 10.6 Å². The molecule has 0 spiro atoms. The van der Waals surface area contributed by atoms with Crippen molar-refractivity contribution in [2.45, 2.75) is 32.6 Å². The lowest BCUT2D eigenvalue weighted by molar-refractivity contribution is 0.0702. The predicted octanol–water partition coefficient (Wildman–Crippen LogP) is 4.24. The van der Waals surface area contributed by atoms with Gasteiger partial charge in [-0.05, 0) is 68.7 Å². The van der Waals surface area contributed by atoms with Gasteiger partial charge in [0.15, 0.2) is 5.69 Å². The first kappa shape index (κ1) is 20.2. The van der Waals surface area contributed by atoms with Crippen molar-refractivity contribution in [2.75, 3.05) is 18.8 Å². The van der Waals surface area contributed by atoms with Gasteiger partial charge in [-0.15, -0.1) is 0 Å². The number of hydrogen-bond donors (Lipinski definition) is 2. The highest BCUT2D eigenvalue weighted by Gasteiger charge is 2.29. The molecule has 3 N–H and O–H groups in total. The number of nitrogen functional groups attached to an aromatic ring is 1. The third-order valence-electron chi connectivity index (χ3n) is 6.14. The molecule has 1 unspecified atom stereocenters. The van der Waals surface area contributed by atoms with Gasteiger partial charge in [0.05, 0.1) is 5.52 Å². The van der Waals surface area contributed by atoms with Gasteiger partial charge in [-0.25, -0.2) is 4.98 Å². The highest BCUT2D eigenvalue weighted by atomic mass is 16.2. The number of aryl methyl sites for hydroxylation is 2. The molecular formula is C25H26N6O. The number of benzene rings is 1. The maximum atomic E-state index is 13.4. The Morgan fingerprint density at radius 3 is 2.81 bits per heavy atom. The zero-order chi connectivity index (χ0) is 22.2. The van der Waals surface area contributed by atoms with Crippen LogP contribution in [0, 0.1) is 13.8 Å². The number of anilines is 1. The van der Waals surface area contributed by atoms with Crippen molar-refractivity contribution in [1.82, 2.24) is 25.1 Å². The van der Waals surface area contributed by atoms with Crippen molar-refractivity contribution >= 4 is 22.6 Å². The largest absolute Gasteiger partial charge is 0.384 e. The summed E-state index contributed by atoms with van der Waals surface area (Å²) in [7, 11) is 0. The Morgan fingerprint density at radius 1 is 1.12 bits per heavy atom. The van der Waals surface area contributed by atoms with Gasteiger partial charge in [0.25, 0.3) is 5.91 Å². The number of likely N-dealkylation sites (tertiary alicyclic amines) is 1. The van der Waals surface area contributed by atoms with E-state index in [0.29, 0.717) is 18.1 Å². The molecule has 7 nitrogen and oxygen atoms in total. The average molecular weight is 427 g/mol. The van der Waals surface area contributed by atoms with Crippen molar-refractivity contribution < 1.29 is 4.79 Å². The molecule has 1 aliphatic heterocycles. The molecule has 0 bridgehead atoms. The second-order valence-corrected chi connectivity index (χ2v) is 8.61. The molecule has 7 heteroatoms. The summed E-state index contributed by atoms with van der Waals surface area (Å²) in [5, 5.41) is 8.20. The van der Waals surface area contributed by atoms with Crippen molar-refractivity contribution in [3.05, 3.63) is 71.3 Å². The number of aromatic nitrogens is 4. The highest BCUT2D eigenvalue weighted by Crippen LogP contribution is 2.31. The summed E-state index contributed by atoms with van der Waals surface area (Å²) in [6.45, 7) is 5.39. The number of nitrogens with one attached hydrogen (secondary N) is 1. The summed E-state index contributed by atoms with van der Waals surface area (Å²) in [6, 6.07) is 14.0. The van der Waals surface area contributed by atoms with Crippen molar-refractivity contribution in [3.8, 4) is 11.1 Å². The van der Waals surface area contributed by atoms with E-state index in [4.69, 9.17) is 10.7 Å². The summed E-state index contributed by atoms with van der Waals surface area (Å²) in [4.78, 5) is 24.3. The van der Waals surface area contributed by atoms with Crippen LogP contribution in [0.1, 0.15) is 46.2 Å². The van der Waals surface area contributed by atoms with Crippen LogP contribution >= 0.6 is 0 Å². The molecule has 1 amide bonds. The van der Waals surface area contributed by atoms with Crippen LogP contribution in [0.5, 0.6) is 0 Å². The molecule has 4 heterocycles. The first-order chi connectivity index (χ1) is 15.5. The second-order valence-electron chi connectivity index (χ2n) is 8.61. The first-order valence-electron chi connectivity index (χ1n) is 10.9. The number of carbonyl (C=O) groups is 1. The molecule has 4 aromatic rings. The number of piperidine rings is 1. The number of amides is 1. The van der Waals surface area contributed by atoms with Crippen LogP contribution in [-0.4, -0.2) is 44.1 Å². The van der Waals surface area contributed by atoms with Crippen LogP contribution in [-0.2, 0) is 0 Å². The van der Waals surface area contributed by atoms with E-state index in [1.54, 1.807) is 6.20 Å². The molecule has 0 saturated carbocycles. The van der Waals surface area contributed by atoms with Crippen molar-refractivity contribution in [3.63, 3.8) is 0 Å². The molecule has 1 saturated heterocycles. The molecule has 3 aromatic heterocycles. The normalized spacial score (nSPS) is 16.4. The Labute approximate surface area is 186 Å². The summed E-state index contributed by atoms with van der Waals surface area (Å²) in [5.74, 6) is 0.657. The van der Waals surface area contributed by atoms with Crippen LogP contribution in [0.3, 0.4) is 0 Å². The van der Waals surface area contributed by atoms with Crippen LogP contribution in [0.25, 0.3) is 22.0 Å². The summed E-state index contributed by atoms with van der Waals surface area (Å²) in [5.41, 5.74) is 12.3. The van der Waals surface area contributed by atoms with E-state index >= 15 is 0 Å². The molecular weight excluding hydrogens is 400 g/mol. The van der Waals surface area contributed by atoms with Gasteiger partial charge in [0.1, 0.15) is 5.82 Å². The minimum absolute atomic E-state index is 0.0258. The number of nitrogens with two attached hydrogens (primary N) is 1. The topological polar surface area (TPSA) is 101 Å². The molecule has 1 atom stereocenters. The number of aromatic amines is 1. The first-order valence-corrected chi connectivity index (χ1v) is 10.9. The van der Waals surface area contributed by atoms with E-state index in [9.17, 15) is 4.79 Å². The van der Waals surface area contributed by atoms with E-state index in [2.05, 4.69) is 27.3 Å². The maximum absolute atomic E-state index is 13.4. The minimum Gasteiger partial charge on any atom is -0.384 e. The SMILES string of the molecule is Cc1ccc2[nH]nc(C(=O)N3CCCC(c4cc(-c5ccc(N)nc5)cc(C)n4)C3)c2c1. The Hall–Kier alpha value is -3.74. The maximum Gasteiger partial charge on any atom is 0.275 e. The third-order valence-corrected chi connectivity index (χ3v) is 6.14. The third kappa shape index (κ3) is 3.82. The Bertz CT molecular complexity index is 1290. The molecule has 0 radical (unpaired) electrons. The predicted molar refractivity (Wildman–Crippen MR) is 125 cm³/mol. The van der Waals surface area contributed by atoms with Gasteiger partial charge in [-0.3, -0.25) is 14.9 Å². The molecule has 162 valence electrons. The summed E-state index contributed by atoms with van der Waals surface area (Å²) in [6.07, 6.45) is 3.72. The Morgan fingerprint density at radius 2 is 2.00 bits per heavy atom. The van der Waals surface area contributed by atoms with Crippen LogP contribution in [0.15, 0.2) is 48.7 Å². The number of hydrogen-bond acceptors (Lipinski definition) is 5. The van der Waals surface area contributed by atoms with E-state index in [1.807, 2.05) is 49.1 Å². The van der Waals surface area contributed by atoms with E-state index < -0.39 is 0 Å². The zero-order valence-electron chi connectivity index (χ0n) is 18.3. The lowest BCUT2D eigenvalue weighted by Crippen LogP contribution is -2.39. The number of carbonyl (C=O) groups excluding carboxylic acids is 1. The summed E-state index contributed by atoms with van der Waals surface area (Å²) < 4.78 is 0. The van der Waals surface area contributed by atoms with E-state index in [1.165, 1.54) is 0 Å². The number of H-pyrrole nitrogens is 1. The van der Waals surface area contributed by atoms with Crippen LogP contribution in [0.2, 0.25) is 0 Å². The number of fused-ring (bicyclic) bond motifs is 1. The fraction of sp³-hybridized carbons (Fsp3) is 0.280. The summed E-state index contributed by atoms with van der Waals surface area (Å²) >= 11 is 0. The fourth-order valence-electron chi connectivity index (χ4n) is 4.49. The van der Waals surface area contributed by atoms with Gasteiger partial charge in [-0.2, -0.15) is 5.10 Å².